The molecule has 2 N–H and O–H groups in total. The standard InChI is InChI=1S/C16H18FN5O2S/c1-9(14(23)19-15(24)18-2)25-16-21-20-13(22(16)10-7-8-10)11-5-3-4-6-12(11)17/h3-6,9-10H,7-8H2,1-2H3,(H2,18,19,23,24)/t9-/m1/s1. The molecule has 0 aliphatic heterocycles. The Kier molecular flexibility index (Phi) is 5.03. The lowest BCUT2D eigenvalue weighted by molar-refractivity contribution is -0.119. The van der Waals surface area contributed by atoms with Crippen LogP contribution in [0.5, 0.6) is 0 Å². The van der Waals surface area contributed by atoms with Crippen molar-refractivity contribution in [3.63, 3.8) is 0 Å². The number of imide groups is 1. The minimum Gasteiger partial charge on any atom is -0.341 e. The number of rotatable bonds is 5. The summed E-state index contributed by atoms with van der Waals surface area (Å²) in [7, 11) is 1.44. The zero-order chi connectivity index (χ0) is 18.0. The van der Waals surface area contributed by atoms with Gasteiger partial charge in [-0.3, -0.25) is 14.7 Å². The number of carbonyl (C=O) groups excluding carboxylic acids is 2. The Hall–Kier alpha value is -2.42. The highest BCUT2D eigenvalue weighted by molar-refractivity contribution is 8.00. The van der Waals surface area contributed by atoms with E-state index < -0.39 is 17.2 Å². The van der Waals surface area contributed by atoms with E-state index >= 15 is 0 Å². The molecule has 132 valence electrons. The molecule has 1 aromatic carbocycles. The van der Waals surface area contributed by atoms with Gasteiger partial charge in [-0.25, -0.2) is 9.18 Å². The van der Waals surface area contributed by atoms with Gasteiger partial charge in [0, 0.05) is 13.1 Å². The fourth-order valence-corrected chi connectivity index (χ4v) is 3.25. The molecule has 1 heterocycles. The summed E-state index contributed by atoms with van der Waals surface area (Å²) in [4.78, 5) is 23.3. The Morgan fingerprint density at radius 3 is 2.68 bits per heavy atom. The first kappa shape index (κ1) is 17.4. The number of nitrogens with zero attached hydrogens (tertiary/aromatic N) is 3. The van der Waals surface area contributed by atoms with E-state index in [0.717, 1.165) is 12.8 Å². The van der Waals surface area contributed by atoms with Crippen LogP contribution < -0.4 is 10.6 Å². The molecule has 25 heavy (non-hydrogen) atoms. The molecule has 0 unspecified atom stereocenters. The van der Waals surface area contributed by atoms with Crippen molar-refractivity contribution >= 4 is 23.7 Å². The molecule has 9 heteroatoms. The van der Waals surface area contributed by atoms with E-state index in [0.29, 0.717) is 16.5 Å². The lowest BCUT2D eigenvalue weighted by Crippen LogP contribution is -2.41. The number of carbonyl (C=O) groups is 2. The number of urea groups is 1. The number of benzene rings is 1. The number of hydrogen-bond donors (Lipinski definition) is 2. The molecule has 1 fully saturated rings. The maximum atomic E-state index is 14.1. The summed E-state index contributed by atoms with van der Waals surface area (Å²) in [5.74, 6) is -0.331. The van der Waals surface area contributed by atoms with Gasteiger partial charge in [-0.05, 0) is 31.9 Å². The number of amides is 3. The van der Waals surface area contributed by atoms with Gasteiger partial charge in [0.2, 0.25) is 5.91 Å². The van der Waals surface area contributed by atoms with Gasteiger partial charge < -0.3 is 5.32 Å². The fourth-order valence-electron chi connectivity index (χ4n) is 2.33. The van der Waals surface area contributed by atoms with Crippen molar-refractivity contribution in [1.82, 2.24) is 25.4 Å². The van der Waals surface area contributed by atoms with Gasteiger partial charge in [0.1, 0.15) is 5.82 Å². The molecular weight excluding hydrogens is 345 g/mol. The first-order valence-corrected chi connectivity index (χ1v) is 8.78. The summed E-state index contributed by atoms with van der Waals surface area (Å²) in [5, 5.41) is 12.8. The first-order chi connectivity index (χ1) is 12.0. The van der Waals surface area contributed by atoms with Gasteiger partial charge in [0.15, 0.2) is 11.0 Å². The summed E-state index contributed by atoms with van der Waals surface area (Å²) in [6.45, 7) is 1.68. The zero-order valence-electron chi connectivity index (χ0n) is 13.8. The molecule has 1 saturated carbocycles. The summed E-state index contributed by atoms with van der Waals surface area (Å²) >= 11 is 1.20. The van der Waals surface area contributed by atoms with E-state index in [4.69, 9.17) is 0 Å². The van der Waals surface area contributed by atoms with Crippen molar-refractivity contribution < 1.29 is 14.0 Å². The topological polar surface area (TPSA) is 88.9 Å². The normalized spacial score (nSPS) is 14.8. The van der Waals surface area contributed by atoms with Crippen molar-refractivity contribution in [2.45, 2.75) is 36.2 Å². The number of thioether (sulfide) groups is 1. The molecule has 0 saturated heterocycles. The van der Waals surface area contributed by atoms with E-state index in [1.54, 1.807) is 25.1 Å². The molecule has 0 bridgehead atoms. The molecule has 1 aliphatic rings. The zero-order valence-corrected chi connectivity index (χ0v) is 14.6. The van der Waals surface area contributed by atoms with Crippen molar-refractivity contribution in [3.05, 3.63) is 30.1 Å². The van der Waals surface area contributed by atoms with Crippen LogP contribution in [0.1, 0.15) is 25.8 Å². The number of aromatic nitrogens is 3. The van der Waals surface area contributed by atoms with Crippen molar-refractivity contribution in [3.8, 4) is 11.4 Å². The van der Waals surface area contributed by atoms with Crippen LogP contribution in [-0.4, -0.2) is 39.0 Å². The fraction of sp³-hybridized carbons (Fsp3) is 0.375. The third-order valence-electron chi connectivity index (χ3n) is 3.81. The molecule has 2 aromatic rings. The second kappa shape index (κ2) is 7.22. The quantitative estimate of drug-likeness (QED) is 0.796. The average molecular weight is 363 g/mol. The summed E-state index contributed by atoms with van der Waals surface area (Å²) in [6, 6.07) is 6.06. The van der Waals surface area contributed by atoms with Gasteiger partial charge in [-0.1, -0.05) is 23.9 Å². The van der Waals surface area contributed by atoms with Gasteiger partial charge in [-0.2, -0.15) is 0 Å². The molecule has 1 aliphatic carbocycles. The maximum absolute atomic E-state index is 14.1. The summed E-state index contributed by atoms with van der Waals surface area (Å²) in [5.41, 5.74) is 0.385. The Morgan fingerprint density at radius 1 is 1.32 bits per heavy atom. The smallest absolute Gasteiger partial charge is 0.321 e. The third kappa shape index (κ3) is 3.81. The Labute approximate surface area is 148 Å². The second-order valence-electron chi connectivity index (χ2n) is 5.72. The van der Waals surface area contributed by atoms with E-state index in [2.05, 4.69) is 20.8 Å². The van der Waals surface area contributed by atoms with Crippen LogP contribution in [0.25, 0.3) is 11.4 Å². The van der Waals surface area contributed by atoms with E-state index in [1.165, 1.54) is 24.9 Å². The van der Waals surface area contributed by atoms with Gasteiger partial charge in [0.05, 0.1) is 10.8 Å². The first-order valence-electron chi connectivity index (χ1n) is 7.90. The van der Waals surface area contributed by atoms with Crippen molar-refractivity contribution in [2.75, 3.05) is 7.05 Å². The molecular formula is C16H18FN5O2S. The lowest BCUT2D eigenvalue weighted by Gasteiger charge is -2.13. The number of nitrogens with one attached hydrogen (secondary N) is 2. The molecule has 1 atom stereocenters. The summed E-state index contributed by atoms with van der Waals surface area (Å²) in [6.07, 6.45) is 1.93. The van der Waals surface area contributed by atoms with Crippen LogP contribution in [0.15, 0.2) is 29.4 Å². The predicted molar refractivity (Wildman–Crippen MR) is 91.6 cm³/mol. The molecule has 0 spiro atoms. The van der Waals surface area contributed by atoms with E-state index in [1.807, 2.05) is 4.57 Å². The Morgan fingerprint density at radius 2 is 2.04 bits per heavy atom. The van der Waals surface area contributed by atoms with Gasteiger partial charge >= 0.3 is 6.03 Å². The minimum absolute atomic E-state index is 0.210. The SMILES string of the molecule is CNC(=O)NC(=O)[C@@H](C)Sc1nnc(-c2ccccc2F)n1C1CC1. The van der Waals surface area contributed by atoms with Gasteiger partial charge in [-0.15, -0.1) is 10.2 Å². The van der Waals surface area contributed by atoms with Crippen LogP contribution in [0.3, 0.4) is 0 Å². The average Bonchev–Trinajstić information content (AvgIpc) is 3.36. The van der Waals surface area contributed by atoms with E-state index in [9.17, 15) is 14.0 Å². The predicted octanol–water partition coefficient (Wildman–Crippen LogP) is 2.36. The molecule has 3 rings (SSSR count). The highest BCUT2D eigenvalue weighted by Gasteiger charge is 2.32. The van der Waals surface area contributed by atoms with Gasteiger partial charge in [0.25, 0.3) is 0 Å². The third-order valence-corrected chi connectivity index (χ3v) is 4.86. The van der Waals surface area contributed by atoms with Crippen molar-refractivity contribution in [2.24, 2.45) is 0 Å². The number of hydrogen-bond acceptors (Lipinski definition) is 5. The van der Waals surface area contributed by atoms with Crippen molar-refractivity contribution in [1.29, 1.82) is 0 Å². The van der Waals surface area contributed by atoms with Crippen LogP contribution in [0.2, 0.25) is 0 Å². The van der Waals surface area contributed by atoms with Crippen LogP contribution in [-0.2, 0) is 4.79 Å². The monoisotopic (exact) mass is 363 g/mol. The lowest BCUT2D eigenvalue weighted by atomic mass is 10.2. The van der Waals surface area contributed by atoms with Crippen LogP contribution in [0.4, 0.5) is 9.18 Å². The summed E-state index contributed by atoms with van der Waals surface area (Å²) < 4.78 is 16.0. The van der Waals surface area contributed by atoms with E-state index in [-0.39, 0.29) is 11.9 Å². The maximum Gasteiger partial charge on any atom is 0.321 e. The highest BCUT2D eigenvalue weighted by atomic mass is 32.2. The molecule has 7 nitrogen and oxygen atoms in total. The van der Waals surface area contributed by atoms with Crippen LogP contribution in [0, 0.1) is 5.82 Å². The van der Waals surface area contributed by atoms with Crippen LogP contribution >= 0.6 is 11.8 Å². The Balaban J connectivity index is 1.85. The molecule has 1 aromatic heterocycles. The largest absolute Gasteiger partial charge is 0.341 e. The molecule has 3 amide bonds. The number of halogens is 1. The second-order valence-corrected chi connectivity index (χ2v) is 7.02. The highest BCUT2D eigenvalue weighted by Crippen LogP contribution is 2.42. The molecule has 0 radical (unpaired) electrons. The Bertz CT molecular complexity index is 806. The minimum atomic E-state index is -0.562.